The van der Waals surface area contributed by atoms with Crippen LogP contribution in [0.2, 0.25) is 9.36 Å². The number of benzene rings is 2. The monoisotopic (exact) mass is 415 g/mol. The summed E-state index contributed by atoms with van der Waals surface area (Å²) in [5.41, 5.74) is 4.48. The van der Waals surface area contributed by atoms with E-state index in [1.165, 1.54) is 17.5 Å². The second-order valence-electron chi connectivity index (χ2n) is 5.55. The van der Waals surface area contributed by atoms with Gasteiger partial charge in [0.25, 0.3) is 0 Å². The molecule has 0 N–H and O–H groups in total. The van der Waals surface area contributed by atoms with Crippen molar-refractivity contribution in [3.8, 4) is 0 Å². The van der Waals surface area contributed by atoms with E-state index in [2.05, 4.69) is 76.1 Å². The molecule has 2 aromatic carbocycles. The first-order valence-corrected chi connectivity index (χ1v) is 15.8. The fourth-order valence-corrected chi connectivity index (χ4v) is 9.31. The third-order valence-corrected chi connectivity index (χ3v) is 12.8. The van der Waals surface area contributed by atoms with Crippen molar-refractivity contribution in [3.63, 3.8) is 0 Å². The van der Waals surface area contributed by atoms with Crippen LogP contribution in [0.1, 0.15) is 16.7 Å². The van der Waals surface area contributed by atoms with Gasteiger partial charge < -0.3 is 0 Å². The molecule has 1 heteroatoms. The van der Waals surface area contributed by atoms with E-state index in [0.717, 1.165) is 0 Å². The summed E-state index contributed by atoms with van der Waals surface area (Å²) in [4.78, 5) is 0. The third kappa shape index (κ3) is 2.29. The molecule has 0 radical (unpaired) electrons. The van der Waals surface area contributed by atoms with Crippen LogP contribution in [0, 0.1) is 0 Å². The molecule has 95 valence electrons. The standard InChI is InChI=1S/C16H13.2CH3.Hf/c1-2-6-13(7-3-1)12-15-11-10-14-8-4-5-9-16(14)15;;;/h1-11H,12H2;2*1H3;. The Hall–Kier alpha value is -0.950. The van der Waals surface area contributed by atoms with Crippen LogP contribution < -0.4 is 0 Å². The van der Waals surface area contributed by atoms with E-state index in [4.69, 9.17) is 0 Å². The summed E-state index contributed by atoms with van der Waals surface area (Å²) in [5, 5.41) is 0. The van der Waals surface area contributed by atoms with Gasteiger partial charge in [0.2, 0.25) is 0 Å². The number of allylic oxidation sites excluding steroid dienone is 1. The van der Waals surface area contributed by atoms with E-state index in [-0.39, 0.29) is 0 Å². The van der Waals surface area contributed by atoms with Crippen molar-refractivity contribution in [3.05, 3.63) is 77.4 Å². The average molecular weight is 414 g/mol. The molecule has 1 aliphatic rings. The summed E-state index contributed by atoms with van der Waals surface area (Å²) in [6.07, 6.45) is 6.03. The van der Waals surface area contributed by atoms with Crippen LogP contribution in [0.3, 0.4) is 0 Å². The Labute approximate surface area is 123 Å². The van der Waals surface area contributed by atoms with Crippen molar-refractivity contribution < 1.29 is 21.4 Å². The molecule has 0 spiro atoms. The Balaban J connectivity index is 2.06. The van der Waals surface area contributed by atoms with E-state index in [1.54, 1.807) is 5.56 Å². The molecule has 0 aliphatic heterocycles. The second-order valence-corrected chi connectivity index (χ2v) is 15.9. The molecule has 1 aliphatic carbocycles. The van der Waals surface area contributed by atoms with Crippen LogP contribution in [-0.2, 0) is 31.0 Å². The SMILES string of the molecule is [CH3][Hf]([CH3])[C]1(Cc2ccccc2)C=Cc2ccccc21. The molecule has 19 heavy (non-hydrogen) atoms. The van der Waals surface area contributed by atoms with Gasteiger partial charge in [-0.25, -0.2) is 0 Å². The van der Waals surface area contributed by atoms with Gasteiger partial charge in [-0.2, -0.15) is 0 Å². The van der Waals surface area contributed by atoms with Gasteiger partial charge in [0.05, 0.1) is 0 Å². The molecule has 0 amide bonds. The minimum absolute atomic E-state index is 0.364. The Morgan fingerprint density at radius 3 is 2.32 bits per heavy atom. The Kier molecular flexibility index (Phi) is 3.58. The summed E-state index contributed by atoms with van der Waals surface area (Å²) >= 11 is -1.62. The van der Waals surface area contributed by atoms with Crippen LogP contribution in [0.25, 0.3) is 6.08 Å². The van der Waals surface area contributed by atoms with Gasteiger partial charge in [0.15, 0.2) is 0 Å². The fraction of sp³-hybridized carbons (Fsp3) is 0.222. The topological polar surface area (TPSA) is 0 Å². The van der Waals surface area contributed by atoms with Crippen LogP contribution >= 0.6 is 0 Å². The molecular weight excluding hydrogens is 395 g/mol. The van der Waals surface area contributed by atoms with Gasteiger partial charge in [-0.3, -0.25) is 0 Å². The molecule has 1 unspecified atom stereocenters. The molecule has 0 bridgehead atoms. The van der Waals surface area contributed by atoms with Crippen LogP contribution in [0.15, 0.2) is 60.7 Å². The first kappa shape index (κ1) is 13.1. The molecule has 1 atom stereocenters. The Morgan fingerprint density at radius 1 is 0.895 bits per heavy atom. The molecule has 0 aromatic heterocycles. The molecule has 3 rings (SSSR count). The molecular formula is C18H19Hf. The van der Waals surface area contributed by atoms with E-state index < -0.39 is 21.4 Å². The minimum atomic E-state index is -1.62. The molecule has 2 aromatic rings. The zero-order valence-corrected chi connectivity index (χ0v) is 15.2. The molecule has 0 fully saturated rings. The van der Waals surface area contributed by atoms with Crippen molar-refractivity contribution in [2.24, 2.45) is 0 Å². The maximum absolute atomic E-state index is 2.54. The van der Waals surface area contributed by atoms with E-state index in [1.807, 2.05) is 0 Å². The molecule has 0 saturated heterocycles. The second kappa shape index (κ2) is 5.20. The first-order chi connectivity index (χ1) is 9.22. The summed E-state index contributed by atoms with van der Waals surface area (Å²) in [6, 6.07) is 19.9. The quantitative estimate of drug-likeness (QED) is 0.630. The van der Waals surface area contributed by atoms with Crippen molar-refractivity contribution in [2.75, 3.05) is 0 Å². The third-order valence-electron chi connectivity index (χ3n) is 4.21. The van der Waals surface area contributed by atoms with Gasteiger partial charge in [0.1, 0.15) is 0 Å². The van der Waals surface area contributed by atoms with Gasteiger partial charge in [-0.1, -0.05) is 0 Å². The average Bonchev–Trinajstić information content (AvgIpc) is 2.81. The van der Waals surface area contributed by atoms with Crippen molar-refractivity contribution in [2.45, 2.75) is 19.0 Å². The summed E-state index contributed by atoms with van der Waals surface area (Å²) < 4.78 is 5.45. The van der Waals surface area contributed by atoms with Gasteiger partial charge in [-0.15, -0.1) is 0 Å². The summed E-state index contributed by atoms with van der Waals surface area (Å²) in [7, 11) is 0. The molecule has 0 nitrogen and oxygen atoms in total. The number of fused-ring (bicyclic) bond motifs is 1. The van der Waals surface area contributed by atoms with Crippen molar-refractivity contribution >= 4 is 6.08 Å². The van der Waals surface area contributed by atoms with Gasteiger partial charge >= 0.3 is 124 Å². The number of hydrogen-bond acceptors (Lipinski definition) is 0. The van der Waals surface area contributed by atoms with E-state index in [0.29, 0.717) is 3.17 Å². The first-order valence-electron chi connectivity index (χ1n) is 6.86. The van der Waals surface area contributed by atoms with Gasteiger partial charge in [-0.05, 0) is 0 Å². The maximum atomic E-state index is 2.54. The van der Waals surface area contributed by atoms with Crippen LogP contribution in [-0.4, -0.2) is 0 Å². The Morgan fingerprint density at radius 2 is 1.58 bits per heavy atom. The van der Waals surface area contributed by atoms with Crippen molar-refractivity contribution in [1.29, 1.82) is 0 Å². The number of hydrogen-bond donors (Lipinski definition) is 0. The zero-order valence-electron chi connectivity index (χ0n) is 11.6. The molecule has 0 saturated carbocycles. The predicted octanol–water partition coefficient (Wildman–Crippen LogP) is 4.87. The van der Waals surface area contributed by atoms with E-state index >= 15 is 0 Å². The fourth-order valence-electron chi connectivity index (χ4n) is 3.06. The van der Waals surface area contributed by atoms with Crippen molar-refractivity contribution in [1.82, 2.24) is 0 Å². The van der Waals surface area contributed by atoms with Crippen LogP contribution in [0.4, 0.5) is 0 Å². The Bertz CT molecular complexity index is 598. The number of rotatable bonds is 3. The van der Waals surface area contributed by atoms with Gasteiger partial charge in [0, 0.05) is 0 Å². The molecule has 0 heterocycles. The normalized spacial score (nSPS) is 20.3. The summed E-state index contributed by atoms with van der Waals surface area (Å²) in [5.74, 6) is 0. The predicted molar refractivity (Wildman–Crippen MR) is 79.0 cm³/mol. The zero-order chi connectivity index (χ0) is 13.3. The van der Waals surface area contributed by atoms with Crippen LogP contribution in [0.5, 0.6) is 0 Å². The van der Waals surface area contributed by atoms with E-state index in [9.17, 15) is 0 Å². The summed E-state index contributed by atoms with van der Waals surface area (Å²) in [6.45, 7) is 0.